The third kappa shape index (κ3) is 2.92. The fraction of sp³-hybridized carbons (Fsp3) is 0.0714. The maximum absolute atomic E-state index is 11.8. The number of carbonyl (C=O) groups excluding carboxylic acids is 1. The van der Waals surface area contributed by atoms with E-state index >= 15 is 0 Å². The van der Waals surface area contributed by atoms with Gasteiger partial charge in [-0.15, -0.1) is 22.7 Å². The SMILES string of the molecule is O=C(NCc1ncc(-c2ccncc2)s1)c1cccs1. The predicted octanol–water partition coefficient (Wildman–Crippen LogP) is 3.20. The zero-order valence-corrected chi connectivity index (χ0v) is 12.1. The molecule has 3 aromatic heterocycles. The van der Waals surface area contributed by atoms with E-state index in [2.05, 4.69) is 15.3 Å². The highest BCUT2D eigenvalue weighted by atomic mass is 32.1. The zero-order valence-electron chi connectivity index (χ0n) is 10.4. The Bertz CT molecular complexity index is 692. The Morgan fingerprint density at radius 1 is 1.25 bits per heavy atom. The van der Waals surface area contributed by atoms with Crippen molar-refractivity contribution < 1.29 is 4.79 Å². The van der Waals surface area contributed by atoms with Crippen LogP contribution in [0.4, 0.5) is 0 Å². The highest BCUT2D eigenvalue weighted by Gasteiger charge is 2.08. The number of carbonyl (C=O) groups is 1. The Labute approximate surface area is 124 Å². The molecule has 100 valence electrons. The third-order valence-electron chi connectivity index (χ3n) is 2.66. The molecule has 6 heteroatoms. The molecule has 3 heterocycles. The number of pyridine rings is 1. The molecule has 0 aliphatic rings. The van der Waals surface area contributed by atoms with E-state index < -0.39 is 0 Å². The minimum Gasteiger partial charge on any atom is -0.345 e. The molecule has 1 N–H and O–H groups in total. The lowest BCUT2D eigenvalue weighted by Crippen LogP contribution is -2.21. The van der Waals surface area contributed by atoms with Crippen LogP contribution in [0.1, 0.15) is 14.7 Å². The minimum atomic E-state index is -0.0549. The van der Waals surface area contributed by atoms with Crippen LogP contribution in [0.5, 0.6) is 0 Å². The molecular weight excluding hydrogens is 290 g/mol. The van der Waals surface area contributed by atoms with Crippen LogP contribution in [0.3, 0.4) is 0 Å². The van der Waals surface area contributed by atoms with E-state index in [4.69, 9.17) is 0 Å². The number of hydrogen-bond acceptors (Lipinski definition) is 5. The van der Waals surface area contributed by atoms with Gasteiger partial charge in [0.05, 0.1) is 16.3 Å². The van der Waals surface area contributed by atoms with Crippen LogP contribution in [0.2, 0.25) is 0 Å². The highest BCUT2D eigenvalue weighted by Crippen LogP contribution is 2.25. The fourth-order valence-electron chi connectivity index (χ4n) is 1.69. The maximum Gasteiger partial charge on any atom is 0.261 e. The quantitative estimate of drug-likeness (QED) is 0.805. The normalized spacial score (nSPS) is 10.4. The summed E-state index contributed by atoms with van der Waals surface area (Å²) in [7, 11) is 0. The van der Waals surface area contributed by atoms with E-state index in [1.165, 1.54) is 11.3 Å². The summed E-state index contributed by atoms with van der Waals surface area (Å²) in [5, 5.41) is 5.65. The van der Waals surface area contributed by atoms with Crippen LogP contribution in [0, 0.1) is 0 Å². The molecule has 3 aromatic rings. The molecule has 0 saturated heterocycles. The molecule has 0 aliphatic carbocycles. The first-order valence-corrected chi connectivity index (χ1v) is 7.69. The van der Waals surface area contributed by atoms with Gasteiger partial charge in [-0.2, -0.15) is 0 Å². The second-order valence-corrected chi connectivity index (χ2v) is 6.08. The molecule has 3 rings (SSSR count). The predicted molar refractivity (Wildman–Crippen MR) is 80.8 cm³/mol. The fourth-order valence-corrected chi connectivity index (χ4v) is 3.20. The van der Waals surface area contributed by atoms with Gasteiger partial charge in [0.1, 0.15) is 5.01 Å². The van der Waals surface area contributed by atoms with Crippen molar-refractivity contribution in [2.45, 2.75) is 6.54 Å². The van der Waals surface area contributed by atoms with Crippen molar-refractivity contribution in [2.75, 3.05) is 0 Å². The van der Waals surface area contributed by atoms with E-state index in [0.29, 0.717) is 6.54 Å². The minimum absolute atomic E-state index is 0.0549. The number of thiazole rings is 1. The molecule has 0 bridgehead atoms. The van der Waals surface area contributed by atoms with E-state index in [1.807, 2.05) is 35.8 Å². The highest BCUT2D eigenvalue weighted by molar-refractivity contribution is 7.15. The number of nitrogens with zero attached hydrogens (tertiary/aromatic N) is 2. The number of thiophene rings is 1. The molecule has 0 radical (unpaired) electrons. The Kier molecular flexibility index (Phi) is 3.85. The second-order valence-electron chi connectivity index (χ2n) is 4.01. The zero-order chi connectivity index (χ0) is 13.8. The monoisotopic (exact) mass is 301 g/mol. The Hall–Kier alpha value is -2.05. The lowest BCUT2D eigenvalue weighted by molar-refractivity contribution is 0.0955. The van der Waals surface area contributed by atoms with Gasteiger partial charge in [0.15, 0.2) is 0 Å². The molecule has 0 unspecified atom stereocenters. The van der Waals surface area contributed by atoms with Crippen LogP contribution >= 0.6 is 22.7 Å². The summed E-state index contributed by atoms with van der Waals surface area (Å²) in [4.78, 5) is 21.9. The van der Waals surface area contributed by atoms with Crippen LogP contribution < -0.4 is 5.32 Å². The standard InChI is InChI=1S/C14H11N3OS2/c18-14(11-2-1-7-19-11)17-9-13-16-8-12(20-13)10-3-5-15-6-4-10/h1-8H,9H2,(H,17,18). The molecule has 4 nitrogen and oxygen atoms in total. The average molecular weight is 301 g/mol. The summed E-state index contributed by atoms with van der Waals surface area (Å²) in [6.07, 6.45) is 5.34. The van der Waals surface area contributed by atoms with E-state index in [-0.39, 0.29) is 5.91 Å². The molecule has 0 spiro atoms. The molecule has 0 atom stereocenters. The van der Waals surface area contributed by atoms with Crippen LogP contribution in [0.15, 0.2) is 48.2 Å². The van der Waals surface area contributed by atoms with E-state index in [1.54, 1.807) is 23.7 Å². The number of rotatable bonds is 4. The van der Waals surface area contributed by atoms with Crippen LogP contribution in [-0.2, 0) is 6.54 Å². The lowest BCUT2D eigenvalue weighted by atomic mass is 10.2. The molecule has 0 aromatic carbocycles. The van der Waals surface area contributed by atoms with Crippen LogP contribution in [-0.4, -0.2) is 15.9 Å². The van der Waals surface area contributed by atoms with Gasteiger partial charge < -0.3 is 5.32 Å². The van der Waals surface area contributed by atoms with E-state index in [9.17, 15) is 4.79 Å². The third-order valence-corrected chi connectivity index (χ3v) is 4.58. The van der Waals surface area contributed by atoms with Gasteiger partial charge in [0.25, 0.3) is 5.91 Å². The maximum atomic E-state index is 11.8. The molecule has 1 amide bonds. The first-order chi connectivity index (χ1) is 9.83. The van der Waals surface area contributed by atoms with Gasteiger partial charge in [-0.05, 0) is 29.1 Å². The topological polar surface area (TPSA) is 54.9 Å². The molecule has 0 saturated carbocycles. The first kappa shape index (κ1) is 13.0. The number of hydrogen-bond donors (Lipinski definition) is 1. The average Bonchev–Trinajstić information content (AvgIpc) is 3.17. The van der Waals surface area contributed by atoms with Crippen molar-refractivity contribution in [1.29, 1.82) is 0 Å². The van der Waals surface area contributed by atoms with Gasteiger partial charge in [-0.1, -0.05) is 6.07 Å². The summed E-state index contributed by atoms with van der Waals surface area (Å²) in [6, 6.07) is 7.57. The van der Waals surface area contributed by atoms with Crippen molar-refractivity contribution in [1.82, 2.24) is 15.3 Å². The summed E-state index contributed by atoms with van der Waals surface area (Å²) >= 11 is 3.01. The van der Waals surface area contributed by atoms with Crippen molar-refractivity contribution in [3.63, 3.8) is 0 Å². The van der Waals surface area contributed by atoms with Crippen molar-refractivity contribution in [2.24, 2.45) is 0 Å². The number of aromatic nitrogens is 2. The largest absolute Gasteiger partial charge is 0.345 e. The van der Waals surface area contributed by atoms with Gasteiger partial charge in [0, 0.05) is 18.6 Å². The number of amides is 1. The van der Waals surface area contributed by atoms with Gasteiger partial charge in [-0.3, -0.25) is 9.78 Å². The Morgan fingerprint density at radius 3 is 2.85 bits per heavy atom. The smallest absolute Gasteiger partial charge is 0.261 e. The molecule has 0 fully saturated rings. The second kappa shape index (κ2) is 5.94. The Balaban J connectivity index is 1.65. The van der Waals surface area contributed by atoms with Crippen molar-refractivity contribution in [3.05, 3.63) is 58.1 Å². The summed E-state index contributed by atoms with van der Waals surface area (Å²) < 4.78 is 0. The number of nitrogens with one attached hydrogen (secondary N) is 1. The molecular formula is C14H11N3OS2. The first-order valence-electron chi connectivity index (χ1n) is 6.00. The summed E-state index contributed by atoms with van der Waals surface area (Å²) in [5.74, 6) is -0.0549. The Morgan fingerprint density at radius 2 is 2.10 bits per heavy atom. The van der Waals surface area contributed by atoms with Crippen LogP contribution in [0.25, 0.3) is 10.4 Å². The van der Waals surface area contributed by atoms with Crippen molar-refractivity contribution in [3.8, 4) is 10.4 Å². The van der Waals surface area contributed by atoms with Crippen molar-refractivity contribution >= 4 is 28.6 Å². The molecule has 0 aliphatic heterocycles. The van der Waals surface area contributed by atoms with Gasteiger partial charge in [-0.25, -0.2) is 4.98 Å². The summed E-state index contributed by atoms with van der Waals surface area (Å²) in [6.45, 7) is 0.451. The van der Waals surface area contributed by atoms with Gasteiger partial charge >= 0.3 is 0 Å². The van der Waals surface area contributed by atoms with E-state index in [0.717, 1.165) is 20.3 Å². The van der Waals surface area contributed by atoms with Gasteiger partial charge in [0.2, 0.25) is 0 Å². The lowest BCUT2D eigenvalue weighted by Gasteiger charge is -1.99. The molecule has 20 heavy (non-hydrogen) atoms. The summed E-state index contributed by atoms with van der Waals surface area (Å²) in [5.41, 5.74) is 1.09.